The Balaban J connectivity index is 1.80. The van der Waals surface area contributed by atoms with Crippen molar-refractivity contribution in [2.45, 2.75) is 65.3 Å². The van der Waals surface area contributed by atoms with Gasteiger partial charge in [-0.1, -0.05) is 34.1 Å². The van der Waals surface area contributed by atoms with Crippen LogP contribution < -0.4 is 0 Å². The minimum Gasteiger partial charge on any atom is -0.423 e. The molecule has 1 aliphatic rings. The molecule has 0 bridgehead atoms. The Morgan fingerprint density at radius 1 is 1.29 bits per heavy atom. The molecular weight excluding hydrogens is 304 g/mol. The maximum atomic E-state index is 12.4. The zero-order chi connectivity index (χ0) is 17.7. The number of nitrogens with zero attached hydrogens (tertiary/aromatic N) is 4. The highest BCUT2D eigenvalue weighted by Crippen LogP contribution is 2.23. The number of hydrogen-bond acceptors (Lipinski definition) is 5. The first-order valence-corrected chi connectivity index (χ1v) is 9.11. The molecule has 1 aromatic rings. The number of carbonyl (C=O) groups excluding carboxylic acids is 1. The Bertz CT molecular complexity index is 527. The van der Waals surface area contributed by atoms with E-state index in [1.54, 1.807) is 0 Å². The highest BCUT2D eigenvalue weighted by molar-refractivity contribution is 5.78. The van der Waals surface area contributed by atoms with Gasteiger partial charge in [-0.15, -0.1) is 10.2 Å². The monoisotopic (exact) mass is 336 g/mol. The molecule has 0 radical (unpaired) electrons. The lowest BCUT2D eigenvalue weighted by Crippen LogP contribution is -2.41. The van der Waals surface area contributed by atoms with Crippen molar-refractivity contribution in [3.8, 4) is 0 Å². The number of carbonyl (C=O) groups is 1. The lowest BCUT2D eigenvalue weighted by atomic mass is 9.95. The molecule has 2 rings (SSSR count). The summed E-state index contributed by atoms with van der Waals surface area (Å²) < 4.78 is 5.77. The summed E-state index contributed by atoms with van der Waals surface area (Å²) in [7, 11) is 1.93. The first kappa shape index (κ1) is 18.9. The SMILES string of the molecule is CCCCN(C)C(=O)C1CCN(Cc2nnc(C(C)(C)C)o2)CC1. The predicted octanol–water partition coefficient (Wildman–Crippen LogP) is 2.84. The summed E-state index contributed by atoms with van der Waals surface area (Å²) in [4.78, 5) is 16.7. The molecular formula is C18H32N4O2. The summed E-state index contributed by atoms with van der Waals surface area (Å²) >= 11 is 0. The van der Waals surface area contributed by atoms with Crippen molar-refractivity contribution in [3.63, 3.8) is 0 Å². The van der Waals surface area contributed by atoms with E-state index >= 15 is 0 Å². The molecule has 136 valence electrons. The maximum absolute atomic E-state index is 12.4. The molecule has 0 saturated carbocycles. The number of hydrogen-bond donors (Lipinski definition) is 0. The molecule has 1 amide bonds. The van der Waals surface area contributed by atoms with Gasteiger partial charge in [0.25, 0.3) is 0 Å². The average Bonchev–Trinajstić information content (AvgIpc) is 3.01. The van der Waals surface area contributed by atoms with Crippen LogP contribution in [0.1, 0.15) is 65.2 Å². The Morgan fingerprint density at radius 2 is 1.96 bits per heavy atom. The summed E-state index contributed by atoms with van der Waals surface area (Å²) in [6.07, 6.45) is 4.02. The molecule has 6 nitrogen and oxygen atoms in total. The summed E-state index contributed by atoms with van der Waals surface area (Å²) in [5.74, 6) is 1.82. The van der Waals surface area contributed by atoms with Gasteiger partial charge < -0.3 is 9.32 Å². The summed E-state index contributed by atoms with van der Waals surface area (Å²) in [6, 6.07) is 0. The number of amides is 1. The maximum Gasteiger partial charge on any atom is 0.230 e. The van der Waals surface area contributed by atoms with Crippen molar-refractivity contribution in [2.75, 3.05) is 26.7 Å². The lowest BCUT2D eigenvalue weighted by Gasteiger charge is -2.32. The largest absolute Gasteiger partial charge is 0.423 e. The Morgan fingerprint density at radius 3 is 2.50 bits per heavy atom. The molecule has 2 heterocycles. The third-order valence-electron chi connectivity index (χ3n) is 4.63. The first-order valence-electron chi connectivity index (χ1n) is 9.11. The van der Waals surface area contributed by atoms with E-state index in [0.29, 0.717) is 24.2 Å². The molecule has 0 spiro atoms. The molecule has 0 aliphatic carbocycles. The standard InChI is InChI=1S/C18H32N4O2/c1-6-7-10-21(5)16(23)14-8-11-22(12-9-14)13-15-19-20-17(24-15)18(2,3)4/h14H,6-13H2,1-5H3. The molecule has 1 aromatic heterocycles. The normalized spacial score (nSPS) is 17.2. The summed E-state index contributed by atoms with van der Waals surface area (Å²) in [6.45, 7) is 11.7. The van der Waals surface area contributed by atoms with Crippen molar-refractivity contribution in [1.29, 1.82) is 0 Å². The van der Waals surface area contributed by atoms with Gasteiger partial charge in [0, 0.05) is 24.9 Å². The number of piperidine rings is 1. The van der Waals surface area contributed by atoms with E-state index in [9.17, 15) is 4.79 Å². The molecule has 1 saturated heterocycles. The summed E-state index contributed by atoms with van der Waals surface area (Å²) in [5.41, 5.74) is -0.117. The molecule has 0 N–H and O–H groups in total. The Kier molecular flexibility index (Phi) is 6.38. The average molecular weight is 336 g/mol. The molecule has 24 heavy (non-hydrogen) atoms. The quantitative estimate of drug-likeness (QED) is 0.799. The lowest BCUT2D eigenvalue weighted by molar-refractivity contribution is -0.135. The zero-order valence-corrected chi connectivity index (χ0v) is 15.8. The summed E-state index contributed by atoms with van der Waals surface area (Å²) in [5, 5.41) is 8.30. The van der Waals surface area contributed by atoms with Crippen molar-refractivity contribution >= 4 is 5.91 Å². The highest BCUT2D eigenvalue weighted by atomic mass is 16.4. The van der Waals surface area contributed by atoms with Crippen LogP contribution in [0.15, 0.2) is 4.42 Å². The van der Waals surface area contributed by atoms with Gasteiger partial charge in [-0.25, -0.2) is 0 Å². The van der Waals surface area contributed by atoms with Crippen LogP contribution in [0.5, 0.6) is 0 Å². The van der Waals surface area contributed by atoms with Crippen LogP contribution in [-0.4, -0.2) is 52.6 Å². The van der Waals surface area contributed by atoms with Crippen LogP contribution in [-0.2, 0) is 16.8 Å². The topological polar surface area (TPSA) is 62.5 Å². The zero-order valence-electron chi connectivity index (χ0n) is 15.8. The third kappa shape index (κ3) is 5.03. The van der Waals surface area contributed by atoms with E-state index < -0.39 is 0 Å². The smallest absolute Gasteiger partial charge is 0.230 e. The molecule has 6 heteroatoms. The fourth-order valence-electron chi connectivity index (χ4n) is 2.97. The fourth-order valence-corrected chi connectivity index (χ4v) is 2.97. The molecule has 1 aliphatic heterocycles. The van der Waals surface area contributed by atoms with E-state index in [1.165, 1.54) is 0 Å². The van der Waals surface area contributed by atoms with Gasteiger partial charge in [-0.2, -0.15) is 0 Å². The predicted molar refractivity (Wildman–Crippen MR) is 93.5 cm³/mol. The number of aromatic nitrogens is 2. The highest BCUT2D eigenvalue weighted by Gasteiger charge is 2.28. The minimum atomic E-state index is -0.117. The van der Waals surface area contributed by atoms with Crippen LogP contribution in [0.2, 0.25) is 0 Å². The van der Waals surface area contributed by atoms with Crippen LogP contribution in [0.3, 0.4) is 0 Å². The van der Waals surface area contributed by atoms with Gasteiger partial charge in [0.1, 0.15) is 0 Å². The van der Waals surface area contributed by atoms with E-state index in [4.69, 9.17) is 4.42 Å². The Hall–Kier alpha value is -1.43. The Labute approximate surface area is 145 Å². The van der Waals surface area contributed by atoms with Gasteiger partial charge in [0.15, 0.2) is 0 Å². The second-order valence-electron chi connectivity index (χ2n) is 7.91. The molecule has 0 atom stereocenters. The van der Waals surface area contributed by atoms with Gasteiger partial charge >= 0.3 is 0 Å². The van der Waals surface area contributed by atoms with Gasteiger partial charge in [0.2, 0.25) is 17.7 Å². The van der Waals surface area contributed by atoms with E-state index in [0.717, 1.165) is 45.3 Å². The third-order valence-corrected chi connectivity index (χ3v) is 4.63. The second kappa shape index (κ2) is 8.10. The van der Waals surface area contributed by atoms with Crippen LogP contribution in [0.4, 0.5) is 0 Å². The van der Waals surface area contributed by atoms with Crippen molar-refractivity contribution in [2.24, 2.45) is 5.92 Å². The molecule has 1 fully saturated rings. The van der Waals surface area contributed by atoms with Gasteiger partial charge in [0.05, 0.1) is 6.54 Å². The van der Waals surface area contributed by atoms with Crippen molar-refractivity contribution in [3.05, 3.63) is 11.8 Å². The van der Waals surface area contributed by atoms with Crippen LogP contribution in [0.25, 0.3) is 0 Å². The van der Waals surface area contributed by atoms with Gasteiger partial charge in [-0.3, -0.25) is 9.69 Å². The van der Waals surface area contributed by atoms with E-state index in [-0.39, 0.29) is 11.3 Å². The van der Waals surface area contributed by atoms with E-state index in [2.05, 4.69) is 42.8 Å². The van der Waals surface area contributed by atoms with Crippen molar-refractivity contribution in [1.82, 2.24) is 20.0 Å². The van der Waals surface area contributed by atoms with Crippen LogP contribution >= 0.6 is 0 Å². The second-order valence-corrected chi connectivity index (χ2v) is 7.91. The molecule has 0 unspecified atom stereocenters. The van der Waals surface area contributed by atoms with Crippen molar-refractivity contribution < 1.29 is 9.21 Å². The molecule has 0 aromatic carbocycles. The van der Waals surface area contributed by atoms with E-state index in [1.807, 2.05) is 11.9 Å². The number of unbranched alkanes of at least 4 members (excludes halogenated alkanes) is 1. The first-order chi connectivity index (χ1) is 11.3. The minimum absolute atomic E-state index is 0.117. The number of rotatable bonds is 6. The number of likely N-dealkylation sites (tertiary alicyclic amines) is 1. The van der Waals surface area contributed by atoms with Gasteiger partial charge in [-0.05, 0) is 32.4 Å². The fraction of sp³-hybridized carbons (Fsp3) is 0.833. The van der Waals surface area contributed by atoms with Crippen LogP contribution in [0, 0.1) is 5.92 Å².